The number of nitrogens with zero attached hydrogens (tertiary/aromatic N) is 3. The summed E-state index contributed by atoms with van der Waals surface area (Å²) < 4.78 is 24.9. The molecule has 1 amide bonds. The van der Waals surface area contributed by atoms with E-state index in [0.717, 1.165) is 47.6 Å². The highest BCUT2D eigenvalue weighted by molar-refractivity contribution is 7.88. The van der Waals surface area contributed by atoms with E-state index in [1.807, 2.05) is 11.4 Å². The van der Waals surface area contributed by atoms with Crippen molar-refractivity contribution in [3.63, 3.8) is 0 Å². The van der Waals surface area contributed by atoms with E-state index in [4.69, 9.17) is 4.98 Å². The number of sulfonamides is 1. The van der Waals surface area contributed by atoms with Crippen molar-refractivity contribution in [2.24, 2.45) is 0 Å². The molecule has 0 unspecified atom stereocenters. The second-order valence-corrected chi connectivity index (χ2v) is 10.0. The van der Waals surface area contributed by atoms with Crippen LogP contribution in [0.1, 0.15) is 50.6 Å². The minimum Gasteiger partial charge on any atom is -0.325 e. The summed E-state index contributed by atoms with van der Waals surface area (Å²) in [5.74, 6) is 0.238. The number of anilines is 1. The van der Waals surface area contributed by atoms with Crippen LogP contribution in [-0.4, -0.2) is 47.9 Å². The Balaban J connectivity index is 1.66. The highest BCUT2D eigenvalue weighted by Crippen LogP contribution is 2.32. The van der Waals surface area contributed by atoms with Gasteiger partial charge >= 0.3 is 0 Å². The molecule has 0 radical (unpaired) electrons. The molecular formula is C19H26N4O3S2. The van der Waals surface area contributed by atoms with Crippen molar-refractivity contribution in [1.29, 1.82) is 0 Å². The van der Waals surface area contributed by atoms with Gasteiger partial charge in [-0.05, 0) is 25.3 Å². The van der Waals surface area contributed by atoms with Crippen molar-refractivity contribution in [2.45, 2.75) is 44.9 Å². The zero-order valence-corrected chi connectivity index (χ0v) is 17.9. The van der Waals surface area contributed by atoms with Crippen LogP contribution in [0.2, 0.25) is 0 Å². The number of carbonyl (C=O) groups is 1. The van der Waals surface area contributed by atoms with Crippen LogP contribution >= 0.6 is 11.3 Å². The van der Waals surface area contributed by atoms with E-state index in [1.54, 1.807) is 12.4 Å². The maximum atomic E-state index is 11.9. The van der Waals surface area contributed by atoms with Gasteiger partial charge in [-0.3, -0.25) is 9.78 Å². The number of hydrogen-bond acceptors (Lipinski definition) is 6. The topological polar surface area (TPSA) is 92.3 Å². The molecule has 9 heteroatoms. The summed E-state index contributed by atoms with van der Waals surface area (Å²) in [6.07, 6.45) is 8.65. The third-order valence-electron chi connectivity index (χ3n) is 4.89. The molecule has 3 rings (SSSR count). The molecule has 2 aromatic rings. The summed E-state index contributed by atoms with van der Waals surface area (Å²) in [5, 5.41) is 4.84. The van der Waals surface area contributed by atoms with Gasteiger partial charge in [-0.25, -0.2) is 17.7 Å². The first kappa shape index (κ1) is 20.9. The van der Waals surface area contributed by atoms with E-state index in [0.29, 0.717) is 19.5 Å². The van der Waals surface area contributed by atoms with E-state index in [2.05, 4.69) is 17.2 Å². The van der Waals surface area contributed by atoms with Gasteiger partial charge in [0.2, 0.25) is 15.9 Å². The molecule has 1 saturated heterocycles. The first-order valence-electron chi connectivity index (χ1n) is 9.52. The fraction of sp³-hybridized carbons (Fsp3) is 0.526. The molecule has 2 aromatic heterocycles. The molecule has 7 nitrogen and oxygen atoms in total. The Labute approximate surface area is 170 Å². The number of amides is 1. The maximum absolute atomic E-state index is 11.9. The minimum atomic E-state index is -3.13. The summed E-state index contributed by atoms with van der Waals surface area (Å²) in [7, 11) is -3.13. The number of nitrogens with one attached hydrogen (secondary N) is 1. The van der Waals surface area contributed by atoms with Crippen LogP contribution in [0.5, 0.6) is 0 Å². The largest absolute Gasteiger partial charge is 0.325 e. The predicted molar refractivity (Wildman–Crippen MR) is 112 cm³/mol. The van der Waals surface area contributed by atoms with Crippen LogP contribution in [0.15, 0.2) is 23.8 Å². The standard InChI is InChI=1S/C19H26N4O3S2/c1-3-4-5-19(24)21-15-10-18(27-13-15)17-12-20-11-16(22-17)14-6-8-23(9-7-14)28(2,25)26/h10-14H,3-9H2,1-2H3,(H,21,24). The molecule has 1 N–H and O–H groups in total. The van der Waals surface area contributed by atoms with E-state index >= 15 is 0 Å². The second-order valence-electron chi connectivity index (χ2n) is 7.12. The average molecular weight is 423 g/mol. The molecule has 3 heterocycles. The van der Waals surface area contributed by atoms with Gasteiger partial charge in [0.1, 0.15) is 0 Å². The number of carbonyl (C=O) groups excluding carboxylic acids is 1. The smallest absolute Gasteiger partial charge is 0.224 e. The fourth-order valence-electron chi connectivity index (χ4n) is 3.28. The normalized spacial score (nSPS) is 16.2. The van der Waals surface area contributed by atoms with Gasteiger partial charge in [0.15, 0.2) is 0 Å². The van der Waals surface area contributed by atoms with E-state index < -0.39 is 10.0 Å². The van der Waals surface area contributed by atoms with Gasteiger partial charge in [0.05, 0.1) is 34.4 Å². The Kier molecular flexibility index (Phi) is 6.79. The van der Waals surface area contributed by atoms with Gasteiger partial charge < -0.3 is 5.32 Å². The predicted octanol–water partition coefficient (Wildman–Crippen LogP) is 3.47. The number of rotatable bonds is 7. The summed E-state index contributed by atoms with van der Waals surface area (Å²) in [6.45, 7) is 3.09. The van der Waals surface area contributed by atoms with Gasteiger partial charge in [0, 0.05) is 37.0 Å². The van der Waals surface area contributed by atoms with Crippen molar-refractivity contribution >= 4 is 33.0 Å². The molecule has 0 aliphatic carbocycles. The van der Waals surface area contributed by atoms with Gasteiger partial charge in [-0.2, -0.15) is 0 Å². The molecule has 0 aromatic carbocycles. The second kappa shape index (κ2) is 9.11. The molecule has 0 spiro atoms. The monoisotopic (exact) mass is 422 g/mol. The summed E-state index contributed by atoms with van der Waals surface area (Å²) >= 11 is 1.52. The molecule has 1 fully saturated rings. The van der Waals surface area contributed by atoms with Crippen molar-refractivity contribution in [3.8, 4) is 10.6 Å². The number of unbranched alkanes of at least 4 members (excludes halogenated alkanes) is 1. The molecule has 1 aliphatic rings. The Morgan fingerprint density at radius 1 is 1.32 bits per heavy atom. The molecule has 1 aliphatic heterocycles. The first-order chi connectivity index (χ1) is 13.4. The quantitative estimate of drug-likeness (QED) is 0.737. The minimum absolute atomic E-state index is 0.0312. The lowest BCUT2D eigenvalue weighted by Gasteiger charge is -2.29. The van der Waals surface area contributed by atoms with Gasteiger partial charge in [-0.1, -0.05) is 13.3 Å². The number of piperidine rings is 1. The molecule has 0 atom stereocenters. The molecular weight excluding hydrogens is 396 g/mol. The molecule has 0 saturated carbocycles. The average Bonchev–Trinajstić information content (AvgIpc) is 3.14. The molecule has 0 bridgehead atoms. The van der Waals surface area contributed by atoms with E-state index in [9.17, 15) is 13.2 Å². The lowest BCUT2D eigenvalue weighted by Crippen LogP contribution is -2.37. The number of hydrogen-bond donors (Lipinski definition) is 1. The highest BCUT2D eigenvalue weighted by Gasteiger charge is 2.26. The summed E-state index contributed by atoms with van der Waals surface area (Å²) in [4.78, 5) is 21.9. The Morgan fingerprint density at radius 3 is 2.75 bits per heavy atom. The zero-order chi connectivity index (χ0) is 20.1. The van der Waals surface area contributed by atoms with Crippen LogP contribution in [0.4, 0.5) is 5.69 Å². The highest BCUT2D eigenvalue weighted by atomic mass is 32.2. The third-order valence-corrected chi connectivity index (χ3v) is 7.14. The van der Waals surface area contributed by atoms with Crippen molar-refractivity contribution in [1.82, 2.24) is 14.3 Å². The lowest BCUT2D eigenvalue weighted by atomic mass is 9.95. The van der Waals surface area contributed by atoms with Crippen LogP contribution in [0.25, 0.3) is 10.6 Å². The van der Waals surface area contributed by atoms with E-state index in [-0.39, 0.29) is 11.8 Å². The summed E-state index contributed by atoms with van der Waals surface area (Å²) in [5.41, 5.74) is 2.46. The number of thiophene rings is 1. The van der Waals surface area contributed by atoms with Crippen LogP contribution in [-0.2, 0) is 14.8 Å². The Morgan fingerprint density at radius 2 is 2.07 bits per heavy atom. The van der Waals surface area contributed by atoms with Crippen LogP contribution < -0.4 is 5.32 Å². The van der Waals surface area contributed by atoms with Crippen molar-refractivity contribution in [3.05, 3.63) is 29.5 Å². The number of aromatic nitrogens is 2. The van der Waals surface area contributed by atoms with Gasteiger partial charge in [-0.15, -0.1) is 11.3 Å². The molecule has 152 valence electrons. The Hall–Kier alpha value is -1.84. The zero-order valence-electron chi connectivity index (χ0n) is 16.2. The SMILES string of the molecule is CCCCC(=O)Nc1csc(-c2cncc(C3CCN(S(C)(=O)=O)CC3)n2)c1. The first-order valence-corrected chi connectivity index (χ1v) is 12.3. The van der Waals surface area contributed by atoms with E-state index in [1.165, 1.54) is 21.9 Å². The van der Waals surface area contributed by atoms with Crippen molar-refractivity contribution < 1.29 is 13.2 Å². The lowest BCUT2D eigenvalue weighted by molar-refractivity contribution is -0.116. The molecule has 28 heavy (non-hydrogen) atoms. The van der Waals surface area contributed by atoms with Crippen LogP contribution in [0.3, 0.4) is 0 Å². The Bertz CT molecular complexity index is 919. The van der Waals surface area contributed by atoms with Crippen molar-refractivity contribution in [2.75, 3.05) is 24.7 Å². The summed E-state index contributed by atoms with van der Waals surface area (Å²) in [6, 6.07) is 1.93. The third kappa shape index (κ3) is 5.36. The van der Waals surface area contributed by atoms with Crippen LogP contribution in [0, 0.1) is 0 Å². The van der Waals surface area contributed by atoms with Gasteiger partial charge in [0.25, 0.3) is 0 Å². The maximum Gasteiger partial charge on any atom is 0.224 e. The fourth-order valence-corrected chi connectivity index (χ4v) is 4.95.